The third-order valence-corrected chi connectivity index (χ3v) is 4.15. The SMILES string of the molecule is N[C@H](Cc1ccccc1)C(=O)Nc1ccccc1Cc1ccccc1. The van der Waals surface area contributed by atoms with E-state index in [9.17, 15) is 4.79 Å². The van der Waals surface area contributed by atoms with E-state index in [1.807, 2.05) is 72.8 Å². The van der Waals surface area contributed by atoms with E-state index >= 15 is 0 Å². The van der Waals surface area contributed by atoms with Crippen molar-refractivity contribution in [3.63, 3.8) is 0 Å². The summed E-state index contributed by atoms with van der Waals surface area (Å²) >= 11 is 0. The zero-order valence-electron chi connectivity index (χ0n) is 14.1. The van der Waals surface area contributed by atoms with Gasteiger partial charge in [0.25, 0.3) is 0 Å². The second kappa shape index (κ2) is 8.27. The van der Waals surface area contributed by atoms with Crippen LogP contribution >= 0.6 is 0 Å². The molecule has 0 saturated heterocycles. The number of nitrogens with two attached hydrogens (primary N) is 1. The summed E-state index contributed by atoms with van der Waals surface area (Å²) in [5.41, 5.74) is 10.2. The van der Waals surface area contributed by atoms with Crippen molar-refractivity contribution >= 4 is 11.6 Å². The molecule has 1 amide bonds. The zero-order valence-corrected chi connectivity index (χ0v) is 14.1. The molecule has 0 radical (unpaired) electrons. The molecule has 0 aliphatic heterocycles. The predicted octanol–water partition coefficient (Wildman–Crippen LogP) is 3.79. The summed E-state index contributed by atoms with van der Waals surface area (Å²) in [6.07, 6.45) is 1.29. The fourth-order valence-corrected chi connectivity index (χ4v) is 2.80. The lowest BCUT2D eigenvalue weighted by molar-refractivity contribution is -0.117. The van der Waals surface area contributed by atoms with Gasteiger partial charge in [-0.15, -0.1) is 0 Å². The van der Waals surface area contributed by atoms with Crippen LogP contribution in [-0.4, -0.2) is 11.9 Å². The molecule has 0 heterocycles. The number of hydrogen-bond donors (Lipinski definition) is 2. The van der Waals surface area contributed by atoms with Gasteiger partial charge in [-0.3, -0.25) is 4.79 Å². The molecule has 126 valence electrons. The summed E-state index contributed by atoms with van der Waals surface area (Å²) in [4.78, 5) is 12.5. The summed E-state index contributed by atoms with van der Waals surface area (Å²) in [6, 6.07) is 27.3. The van der Waals surface area contributed by atoms with Crippen molar-refractivity contribution in [1.82, 2.24) is 0 Å². The van der Waals surface area contributed by atoms with Gasteiger partial charge in [-0.2, -0.15) is 0 Å². The topological polar surface area (TPSA) is 55.1 Å². The summed E-state index contributed by atoms with van der Waals surface area (Å²) in [7, 11) is 0. The maximum absolute atomic E-state index is 12.5. The normalized spacial score (nSPS) is 11.7. The van der Waals surface area contributed by atoms with Crippen LogP contribution in [0.2, 0.25) is 0 Å². The van der Waals surface area contributed by atoms with Crippen LogP contribution < -0.4 is 11.1 Å². The van der Waals surface area contributed by atoms with Crippen molar-refractivity contribution in [1.29, 1.82) is 0 Å². The highest BCUT2D eigenvalue weighted by Crippen LogP contribution is 2.19. The zero-order chi connectivity index (χ0) is 17.5. The smallest absolute Gasteiger partial charge is 0.241 e. The molecule has 0 spiro atoms. The first-order chi connectivity index (χ1) is 12.2. The Kier molecular flexibility index (Phi) is 5.60. The van der Waals surface area contributed by atoms with Gasteiger partial charge in [0.1, 0.15) is 0 Å². The molecule has 0 unspecified atom stereocenters. The van der Waals surface area contributed by atoms with Crippen molar-refractivity contribution in [3.05, 3.63) is 102 Å². The molecule has 0 fully saturated rings. The second-order valence-electron chi connectivity index (χ2n) is 6.10. The maximum Gasteiger partial charge on any atom is 0.241 e. The van der Waals surface area contributed by atoms with Gasteiger partial charge in [-0.1, -0.05) is 78.9 Å². The molecule has 3 N–H and O–H groups in total. The van der Waals surface area contributed by atoms with E-state index in [2.05, 4.69) is 17.4 Å². The van der Waals surface area contributed by atoms with Gasteiger partial charge in [0.15, 0.2) is 0 Å². The van der Waals surface area contributed by atoms with E-state index in [4.69, 9.17) is 5.73 Å². The Morgan fingerprint density at radius 3 is 2.04 bits per heavy atom. The van der Waals surface area contributed by atoms with Crippen molar-refractivity contribution < 1.29 is 4.79 Å². The van der Waals surface area contributed by atoms with E-state index in [0.29, 0.717) is 6.42 Å². The van der Waals surface area contributed by atoms with E-state index in [0.717, 1.165) is 23.2 Å². The summed E-state index contributed by atoms with van der Waals surface area (Å²) in [6.45, 7) is 0. The van der Waals surface area contributed by atoms with E-state index in [-0.39, 0.29) is 5.91 Å². The number of para-hydroxylation sites is 1. The number of hydrogen-bond acceptors (Lipinski definition) is 2. The number of anilines is 1. The van der Waals surface area contributed by atoms with Crippen molar-refractivity contribution in [2.24, 2.45) is 5.73 Å². The van der Waals surface area contributed by atoms with Gasteiger partial charge in [0.05, 0.1) is 6.04 Å². The second-order valence-corrected chi connectivity index (χ2v) is 6.10. The van der Waals surface area contributed by atoms with Crippen LogP contribution in [-0.2, 0) is 17.6 Å². The van der Waals surface area contributed by atoms with Gasteiger partial charge in [-0.05, 0) is 35.6 Å². The lowest BCUT2D eigenvalue weighted by Gasteiger charge is -2.15. The number of nitrogens with one attached hydrogen (secondary N) is 1. The van der Waals surface area contributed by atoms with Crippen LogP contribution in [0, 0.1) is 0 Å². The third kappa shape index (κ3) is 4.78. The molecule has 0 saturated carbocycles. The first-order valence-electron chi connectivity index (χ1n) is 8.44. The summed E-state index contributed by atoms with van der Waals surface area (Å²) in [5, 5.41) is 2.99. The Hall–Kier alpha value is -2.91. The highest BCUT2D eigenvalue weighted by atomic mass is 16.2. The molecule has 0 aliphatic carbocycles. The molecule has 1 atom stereocenters. The van der Waals surface area contributed by atoms with Gasteiger partial charge in [-0.25, -0.2) is 0 Å². The van der Waals surface area contributed by atoms with Crippen LogP contribution in [0.1, 0.15) is 16.7 Å². The fraction of sp³-hybridized carbons (Fsp3) is 0.136. The van der Waals surface area contributed by atoms with E-state index < -0.39 is 6.04 Å². The van der Waals surface area contributed by atoms with Gasteiger partial charge >= 0.3 is 0 Å². The molecule has 25 heavy (non-hydrogen) atoms. The standard InChI is InChI=1S/C22H22N2O/c23-20(16-18-11-5-2-6-12-18)22(25)24-21-14-8-7-13-19(21)15-17-9-3-1-4-10-17/h1-14,20H,15-16,23H2,(H,24,25)/t20-/m1/s1. The Morgan fingerprint density at radius 1 is 0.800 bits per heavy atom. The number of rotatable bonds is 6. The first kappa shape index (κ1) is 16.9. The lowest BCUT2D eigenvalue weighted by Crippen LogP contribution is -2.37. The number of amides is 1. The Labute approximate surface area is 148 Å². The molecule has 0 bridgehead atoms. The molecule has 3 aromatic carbocycles. The van der Waals surface area contributed by atoms with E-state index in [1.54, 1.807) is 0 Å². The fourth-order valence-electron chi connectivity index (χ4n) is 2.80. The van der Waals surface area contributed by atoms with Crippen LogP contribution in [0.25, 0.3) is 0 Å². The molecule has 3 nitrogen and oxygen atoms in total. The van der Waals surface area contributed by atoms with E-state index in [1.165, 1.54) is 5.56 Å². The highest BCUT2D eigenvalue weighted by Gasteiger charge is 2.15. The largest absolute Gasteiger partial charge is 0.324 e. The maximum atomic E-state index is 12.5. The van der Waals surface area contributed by atoms with Crippen LogP contribution in [0.4, 0.5) is 5.69 Å². The number of carbonyl (C=O) groups is 1. The minimum absolute atomic E-state index is 0.163. The van der Waals surface area contributed by atoms with Crippen molar-refractivity contribution in [2.75, 3.05) is 5.32 Å². The lowest BCUT2D eigenvalue weighted by atomic mass is 10.0. The molecular weight excluding hydrogens is 308 g/mol. The monoisotopic (exact) mass is 330 g/mol. The quantitative estimate of drug-likeness (QED) is 0.722. The Balaban J connectivity index is 1.69. The first-order valence-corrected chi connectivity index (χ1v) is 8.44. The molecule has 3 heteroatoms. The molecule has 3 rings (SSSR count). The Bertz CT molecular complexity index is 816. The third-order valence-electron chi connectivity index (χ3n) is 4.15. The van der Waals surface area contributed by atoms with Crippen molar-refractivity contribution in [2.45, 2.75) is 18.9 Å². The minimum Gasteiger partial charge on any atom is -0.324 e. The van der Waals surface area contributed by atoms with Gasteiger partial charge < -0.3 is 11.1 Å². The number of benzene rings is 3. The van der Waals surface area contributed by atoms with Crippen LogP contribution in [0.5, 0.6) is 0 Å². The Morgan fingerprint density at radius 2 is 1.36 bits per heavy atom. The minimum atomic E-state index is -0.577. The van der Waals surface area contributed by atoms with Crippen LogP contribution in [0.15, 0.2) is 84.9 Å². The van der Waals surface area contributed by atoms with Gasteiger partial charge in [0, 0.05) is 5.69 Å². The molecule has 0 aromatic heterocycles. The molecule has 0 aliphatic rings. The predicted molar refractivity (Wildman–Crippen MR) is 102 cm³/mol. The van der Waals surface area contributed by atoms with Gasteiger partial charge in [0.2, 0.25) is 5.91 Å². The highest BCUT2D eigenvalue weighted by molar-refractivity contribution is 5.95. The van der Waals surface area contributed by atoms with Crippen molar-refractivity contribution in [3.8, 4) is 0 Å². The summed E-state index contributed by atoms with van der Waals surface area (Å²) in [5.74, 6) is -0.163. The average molecular weight is 330 g/mol. The molecular formula is C22H22N2O. The van der Waals surface area contributed by atoms with Crippen LogP contribution in [0.3, 0.4) is 0 Å². The summed E-state index contributed by atoms with van der Waals surface area (Å²) < 4.78 is 0. The molecule has 3 aromatic rings. The average Bonchev–Trinajstić information content (AvgIpc) is 2.65. The number of carbonyl (C=O) groups excluding carboxylic acids is 1.